The molecule has 0 aromatic carbocycles. The van der Waals surface area contributed by atoms with Crippen LogP contribution in [0.5, 0.6) is 0 Å². The van der Waals surface area contributed by atoms with Crippen LogP contribution in [0.25, 0.3) is 0 Å². The molecule has 0 aliphatic carbocycles. The highest BCUT2D eigenvalue weighted by Gasteiger charge is 2.35. The van der Waals surface area contributed by atoms with Gasteiger partial charge in [-0.25, -0.2) is 0 Å². The van der Waals surface area contributed by atoms with Crippen LogP contribution in [0.2, 0.25) is 0 Å². The van der Waals surface area contributed by atoms with E-state index in [9.17, 15) is 14.4 Å². The van der Waals surface area contributed by atoms with Gasteiger partial charge in [-0.15, -0.1) is 0 Å². The van der Waals surface area contributed by atoms with Crippen LogP contribution in [0.3, 0.4) is 0 Å². The van der Waals surface area contributed by atoms with Crippen LogP contribution in [-0.4, -0.2) is 46.9 Å². The Morgan fingerprint density at radius 1 is 1.30 bits per heavy atom. The van der Waals surface area contributed by atoms with Crippen LogP contribution in [0.15, 0.2) is 0 Å². The fraction of sp³-hybridized carbons (Fsp3) is 0.786. The molecule has 0 radical (unpaired) electrons. The number of nitrogens with zero attached hydrogens (tertiary/aromatic N) is 1. The molecule has 1 rings (SSSR count). The number of nitrogens with one attached hydrogen (secondary N) is 1. The predicted octanol–water partition coefficient (Wildman–Crippen LogP) is 1.00. The van der Waals surface area contributed by atoms with E-state index in [4.69, 9.17) is 5.11 Å². The zero-order chi connectivity index (χ0) is 15.1. The zero-order valence-electron chi connectivity index (χ0n) is 12.2. The van der Waals surface area contributed by atoms with Gasteiger partial charge in [0.1, 0.15) is 0 Å². The molecule has 20 heavy (non-hydrogen) atoms. The first-order valence-electron chi connectivity index (χ1n) is 7.26. The molecule has 1 saturated heterocycles. The van der Waals surface area contributed by atoms with E-state index in [1.54, 1.807) is 11.8 Å². The molecule has 6 heteroatoms. The summed E-state index contributed by atoms with van der Waals surface area (Å²) in [6.07, 6.45) is 2.49. The van der Waals surface area contributed by atoms with Crippen molar-refractivity contribution in [2.75, 3.05) is 13.1 Å². The monoisotopic (exact) mass is 284 g/mol. The second-order valence-corrected chi connectivity index (χ2v) is 5.26. The molecule has 0 unspecified atom stereocenters. The topological polar surface area (TPSA) is 86.7 Å². The highest BCUT2D eigenvalue weighted by molar-refractivity contribution is 5.84. The van der Waals surface area contributed by atoms with E-state index in [1.807, 2.05) is 6.92 Å². The highest BCUT2D eigenvalue weighted by Crippen LogP contribution is 2.24. The fourth-order valence-corrected chi connectivity index (χ4v) is 2.54. The number of carboxylic acids is 1. The normalized spacial score (nSPS) is 22.4. The Morgan fingerprint density at radius 2 is 2.00 bits per heavy atom. The van der Waals surface area contributed by atoms with Crippen LogP contribution in [0.1, 0.15) is 46.0 Å². The molecule has 114 valence electrons. The SMILES string of the molecule is CCCNC(=O)CCC(=O)N1CCC[C@H](C(=O)O)[C@@H]1C. The summed E-state index contributed by atoms with van der Waals surface area (Å²) in [5, 5.41) is 11.8. The van der Waals surface area contributed by atoms with Crippen molar-refractivity contribution in [2.45, 2.75) is 52.0 Å². The second-order valence-electron chi connectivity index (χ2n) is 5.26. The molecule has 2 amide bonds. The molecule has 0 aromatic heterocycles. The van der Waals surface area contributed by atoms with E-state index in [2.05, 4.69) is 5.32 Å². The van der Waals surface area contributed by atoms with Gasteiger partial charge in [0.25, 0.3) is 0 Å². The highest BCUT2D eigenvalue weighted by atomic mass is 16.4. The number of amides is 2. The minimum atomic E-state index is -0.851. The van der Waals surface area contributed by atoms with Crippen LogP contribution in [-0.2, 0) is 14.4 Å². The number of carboxylic acid groups (broad SMARTS) is 1. The lowest BCUT2D eigenvalue weighted by Gasteiger charge is -2.37. The van der Waals surface area contributed by atoms with E-state index >= 15 is 0 Å². The van der Waals surface area contributed by atoms with E-state index in [0.717, 1.165) is 6.42 Å². The van der Waals surface area contributed by atoms with Crippen molar-refractivity contribution in [3.8, 4) is 0 Å². The lowest BCUT2D eigenvalue weighted by atomic mass is 9.90. The van der Waals surface area contributed by atoms with Crippen LogP contribution < -0.4 is 5.32 Å². The molecule has 0 bridgehead atoms. The van der Waals surface area contributed by atoms with E-state index in [-0.39, 0.29) is 30.7 Å². The van der Waals surface area contributed by atoms with Gasteiger partial charge in [0, 0.05) is 32.0 Å². The average molecular weight is 284 g/mol. The summed E-state index contributed by atoms with van der Waals surface area (Å²) in [5.41, 5.74) is 0. The molecule has 1 aliphatic rings. The maximum Gasteiger partial charge on any atom is 0.308 e. The number of carbonyl (C=O) groups is 3. The molecule has 0 spiro atoms. The molecule has 1 heterocycles. The Balaban J connectivity index is 2.46. The van der Waals surface area contributed by atoms with Crippen LogP contribution in [0.4, 0.5) is 0 Å². The third kappa shape index (κ3) is 4.51. The Kier molecular flexibility index (Phi) is 6.48. The maximum atomic E-state index is 12.1. The lowest BCUT2D eigenvalue weighted by Crippen LogP contribution is -2.49. The van der Waals surface area contributed by atoms with E-state index < -0.39 is 11.9 Å². The number of likely N-dealkylation sites (tertiary alicyclic amines) is 1. The lowest BCUT2D eigenvalue weighted by molar-refractivity contribution is -0.149. The largest absolute Gasteiger partial charge is 0.481 e. The second kappa shape index (κ2) is 7.87. The molecular weight excluding hydrogens is 260 g/mol. The predicted molar refractivity (Wildman–Crippen MR) is 74.1 cm³/mol. The quantitative estimate of drug-likeness (QED) is 0.762. The zero-order valence-corrected chi connectivity index (χ0v) is 12.2. The van der Waals surface area contributed by atoms with Crippen molar-refractivity contribution in [2.24, 2.45) is 5.92 Å². The standard InChI is InChI=1S/C14H24N2O4/c1-3-8-15-12(17)6-7-13(18)16-9-4-5-11(10(16)2)14(19)20/h10-11H,3-9H2,1-2H3,(H,15,17)(H,19,20)/t10-,11-/m0/s1. The van der Waals surface area contributed by atoms with Gasteiger partial charge in [-0.2, -0.15) is 0 Å². The number of rotatable bonds is 6. The van der Waals surface area contributed by atoms with Crippen molar-refractivity contribution in [3.05, 3.63) is 0 Å². The van der Waals surface area contributed by atoms with Gasteiger partial charge in [0.05, 0.1) is 5.92 Å². The Labute approximate surface area is 119 Å². The third-order valence-corrected chi connectivity index (χ3v) is 3.76. The minimum absolute atomic E-state index is 0.125. The summed E-state index contributed by atoms with van der Waals surface area (Å²) >= 11 is 0. The van der Waals surface area contributed by atoms with E-state index in [0.29, 0.717) is 25.9 Å². The Morgan fingerprint density at radius 3 is 2.60 bits per heavy atom. The number of aliphatic carboxylic acids is 1. The molecule has 1 aliphatic heterocycles. The first kappa shape index (κ1) is 16.5. The van der Waals surface area contributed by atoms with Gasteiger partial charge in [-0.05, 0) is 26.2 Å². The summed E-state index contributed by atoms with van der Waals surface area (Å²) in [6.45, 7) is 4.94. The number of carbonyl (C=O) groups excluding carboxylic acids is 2. The van der Waals surface area contributed by atoms with Gasteiger partial charge < -0.3 is 15.3 Å². The number of hydrogen-bond acceptors (Lipinski definition) is 3. The molecule has 0 aromatic rings. The van der Waals surface area contributed by atoms with Gasteiger partial charge in [0.2, 0.25) is 11.8 Å². The number of piperidine rings is 1. The number of hydrogen-bond donors (Lipinski definition) is 2. The van der Waals surface area contributed by atoms with Gasteiger partial charge in [0.15, 0.2) is 0 Å². The minimum Gasteiger partial charge on any atom is -0.481 e. The smallest absolute Gasteiger partial charge is 0.308 e. The van der Waals surface area contributed by atoms with Crippen molar-refractivity contribution in [1.29, 1.82) is 0 Å². The van der Waals surface area contributed by atoms with Crippen molar-refractivity contribution >= 4 is 17.8 Å². The first-order chi connectivity index (χ1) is 9.47. The molecule has 0 saturated carbocycles. The summed E-state index contributed by atoms with van der Waals surface area (Å²) in [5.74, 6) is -1.60. The van der Waals surface area contributed by atoms with Gasteiger partial charge >= 0.3 is 5.97 Å². The summed E-state index contributed by atoms with van der Waals surface area (Å²) in [4.78, 5) is 36.3. The fourth-order valence-electron chi connectivity index (χ4n) is 2.54. The summed E-state index contributed by atoms with van der Waals surface area (Å²) in [7, 11) is 0. The van der Waals surface area contributed by atoms with Crippen LogP contribution in [0, 0.1) is 5.92 Å². The Bertz CT molecular complexity index is 370. The molecule has 6 nitrogen and oxygen atoms in total. The third-order valence-electron chi connectivity index (χ3n) is 3.76. The van der Waals surface area contributed by atoms with E-state index in [1.165, 1.54) is 0 Å². The Hall–Kier alpha value is -1.59. The van der Waals surface area contributed by atoms with Gasteiger partial charge in [-0.1, -0.05) is 6.92 Å². The van der Waals surface area contributed by atoms with Crippen LogP contribution >= 0.6 is 0 Å². The summed E-state index contributed by atoms with van der Waals surface area (Å²) < 4.78 is 0. The van der Waals surface area contributed by atoms with Crippen molar-refractivity contribution in [1.82, 2.24) is 10.2 Å². The molecular formula is C14H24N2O4. The maximum absolute atomic E-state index is 12.1. The molecule has 1 fully saturated rings. The molecule has 2 atom stereocenters. The molecule has 2 N–H and O–H groups in total. The van der Waals surface area contributed by atoms with Crippen molar-refractivity contribution < 1.29 is 19.5 Å². The average Bonchev–Trinajstić information content (AvgIpc) is 2.42. The first-order valence-corrected chi connectivity index (χ1v) is 7.26. The summed E-state index contributed by atoms with van der Waals surface area (Å²) in [6, 6.07) is -0.299. The van der Waals surface area contributed by atoms with Crippen molar-refractivity contribution in [3.63, 3.8) is 0 Å². The van der Waals surface area contributed by atoms with Gasteiger partial charge in [-0.3, -0.25) is 14.4 Å².